The summed E-state index contributed by atoms with van der Waals surface area (Å²) >= 11 is 6.60. The number of halogens is 2. The van der Waals surface area contributed by atoms with Gasteiger partial charge in [-0.2, -0.15) is 0 Å². The third kappa shape index (κ3) is 2.72. The van der Waals surface area contributed by atoms with Crippen LogP contribution in [-0.4, -0.2) is 17.1 Å². The third-order valence-corrected chi connectivity index (χ3v) is 2.52. The second kappa shape index (κ2) is 4.02. The molecule has 5 heteroatoms. The zero-order valence-corrected chi connectivity index (χ0v) is 10.8. The van der Waals surface area contributed by atoms with Gasteiger partial charge in [-0.15, -0.1) is 0 Å². The van der Waals surface area contributed by atoms with Crippen LogP contribution in [0.3, 0.4) is 0 Å². The second-order valence-electron chi connectivity index (χ2n) is 3.05. The molecule has 0 amide bonds. The maximum Gasteiger partial charge on any atom is 0.162 e. The van der Waals surface area contributed by atoms with Crippen molar-refractivity contribution in [2.45, 2.75) is 19.4 Å². The van der Waals surface area contributed by atoms with Crippen LogP contribution in [0.5, 0.6) is 0 Å². The van der Waals surface area contributed by atoms with Crippen LogP contribution in [0.4, 0.5) is 0 Å². The number of hydrogen-bond acceptors (Lipinski definition) is 3. The first-order valence-corrected chi connectivity index (χ1v) is 5.30. The molecule has 1 rings (SSSR count). The predicted molar refractivity (Wildman–Crippen MR) is 57.5 cm³/mol. The van der Waals surface area contributed by atoms with E-state index in [0.717, 1.165) is 9.21 Å². The van der Waals surface area contributed by atoms with Gasteiger partial charge in [-0.25, -0.2) is 9.97 Å². The van der Waals surface area contributed by atoms with Crippen molar-refractivity contribution in [2.24, 2.45) is 0 Å². The van der Waals surface area contributed by atoms with Crippen molar-refractivity contribution in [3.63, 3.8) is 0 Å². The number of aromatic nitrogens is 2. The van der Waals surface area contributed by atoms with Crippen LogP contribution in [0.2, 0.25) is 0 Å². The fourth-order valence-electron chi connectivity index (χ4n) is 0.751. The number of ether oxygens (including phenoxy) is 1. The largest absolute Gasteiger partial charge is 0.371 e. The van der Waals surface area contributed by atoms with Crippen LogP contribution in [0.25, 0.3) is 0 Å². The Morgan fingerprint density at radius 3 is 2.08 bits per heavy atom. The van der Waals surface area contributed by atoms with Crippen molar-refractivity contribution in [2.75, 3.05) is 7.11 Å². The highest BCUT2D eigenvalue weighted by Crippen LogP contribution is 2.23. The molecule has 0 saturated carbocycles. The Labute approximate surface area is 94.2 Å². The lowest BCUT2D eigenvalue weighted by atomic mass is 10.1. The average molecular weight is 310 g/mol. The molecule has 0 radical (unpaired) electrons. The second-order valence-corrected chi connectivity index (χ2v) is 4.68. The van der Waals surface area contributed by atoms with Gasteiger partial charge in [0.05, 0.1) is 0 Å². The molecule has 0 aliphatic rings. The lowest BCUT2D eigenvalue weighted by Crippen LogP contribution is -2.23. The molecule has 0 aliphatic carbocycles. The van der Waals surface area contributed by atoms with Crippen LogP contribution in [0.15, 0.2) is 15.3 Å². The first kappa shape index (κ1) is 11.1. The van der Waals surface area contributed by atoms with Crippen LogP contribution in [0, 0.1) is 0 Å². The summed E-state index contributed by atoms with van der Waals surface area (Å²) in [6, 6.07) is 1.79. The summed E-state index contributed by atoms with van der Waals surface area (Å²) in [6.45, 7) is 3.84. The molecule has 0 spiro atoms. The quantitative estimate of drug-likeness (QED) is 0.788. The predicted octanol–water partition coefficient (Wildman–Crippen LogP) is 2.88. The lowest BCUT2D eigenvalue weighted by Gasteiger charge is -2.20. The van der Waals surface area contributed by atoms with Crippen LogP contribution < -0.4 is 0 Å². The molecule has 0 aliphatic heterocycles. The summed E-state index contributed by atoms with van der Waals surface area (Å²) in [5, 5.41) is 0. The van der Waals surface area contributed by atoms with E-state index in [0.29, 0.717) is 5.82 Å². The molecule has 1 aromatic rings. The standard InChI is InChI=1S/C8H10Br2N2O/c1-8(2,13-3)7-11-5(9)4-6(10)12-7/h4H,1-3H3. The van der Waals surface area contributed by atoms with Gasteiger partial charge < -0.3 is 4.74 Å². The first-order valence-electron chi connectivity index (χ1n) is 3.71. The average Bonchev–Trinajstić information content (AvgIpc) is 2.02. The Morgan fingerprint density at radius 1 is 1.23 bits per heavy atom. The highest BCUT2D eigenvalue weighted by Gasteiger charge is 2.23. The number of nitrogens with zero attached hydrogens (tertiary/aromatic N) is 2. The molecule has 0 saturated heterocycles. The van der Waals surface area contributed by atoms with Crippen LogP contribution >= 0.6 is 31.9 Å². The highest BCUT2D eigenvalue weighted by molar-refractivity contribution is 9.11. The van der Waals surface area contributed by atoms with Gasteiger partial charge in [0.1, 0.15) is 14.8 Å². The van der Waals surface area contributed by atoms with Crippen LogP contribution in [0.1, 0.15) is 19.7 Å². The Morgan fingerprint density at radius 2 is 1.69 bits per heavy atom. The Kier molecular flexibility index (Phi) is 3.43. The van der Waals surface area contributed by atoms with Gasteiger partial charge in [0.2, 0.25) is 0 Å². The fourth-order valence-corrected chi connectivity index (χ4v) is 1.83. The van der Waals surface area contributed by atoms with E-state index in [1.165, 1.54) is 0 Å². The molecule has 13 heavy (non-hydrogen) atoms. The highest BCUT2D eigenvalue weighted by atomic mass is 79.9. The number of hydrogen-bond donors (Lipinski definition) is 0. The van der Waals surface area contributed by atoms with Gasteiger partial charge in [0.25, 0.3) is 0 Å². The Bertz CT molecular complexity index is 295. The molecule has 0 fully saturated rings. The van der Waals surface area contributed by atoms with Gasteiger partial charge in [0, 0.05) is 13.2 Å². The SMILES string of the molecule is COC(C)(C)c1nc(Br)cc(Br)n1. The maximum absolute atomic E-state index is 5.27. The lowest BCUT2D eigenvalue weighted by molar-refractivity contribution is 0.0111. The van der Waals surface area contributed by atoms with Crippen molar-refractivity contribution in [1.29, 1.82) is 0 Å². The van der Waals surface area contributed by atoms with Gasteiger partial charge >= 0.3 is 0 Å². The fraction of sp³-hybridized carbons (Fsp3) is 0.500. The van der Waals surface area contributed by atoms with Gasteiger partial charge in [-0.3, -0.25) is 0 Å². The van der Waals surface area contributed by atoms with E-state index in [4.69, 9.17) is 4.74 Å². The molecule has 0 N–H and O–H groups in total. The monoisotopic (exact) mass is 308 g/mol. The van der Waals surface area contributed by atoms with E-state index in [-0.39, 0.29) is 0 Å². The van der Waals surface area contributed by atoms with Crippen molar-refractivity contribution in [1.82, 2.24) is 9.97 Å². The number of methoxy groups -OCH3 is 1. The summed E-state index contributed by atoms with van der Waals surface area (Å²) < 4.78 is 6.76. The molecule has 0 atom stereocenters. The maximum atomic E-state index is 5.27. The summed E-state index contributed by atoms with van der Waals surface area (Å²) in [4.78, 5) is 8.45. The summed E-state index contributed by atoms with van der Waals surface area (Å²) in [6.07, 6.45) is 0. The zero-order chi connectivity index (χ0) is 10.1. The van der Waals surface area contributed by atoms with Gasteiger partial charge in [-0.05, 0) is 45.7 Å². The van der Waals surface area contributed by atoms with E-state index in [9.17, 15) is 0 Å². The summed E-state index contributed by atoms with van der Waals surface area (Å²) in [7, 11) is 1.64. The molecule has 3 nitrogen and oxygen atoms in total. The molecular formula is C8H10Br2N2O. The normalized spacial score (nSPS) is 11.8. The van der Waals surface area contributed by atoms with Crippen molar-refractivity contribution in [3.8, 4) is 0 Å². The van der Waals surface area contributed by atoms with Crippen molar-refractivity contribution < 1.29 is 4.74 Å². The van der Waals surface area contributed by atoms with Gasteiger partial charge in [-0.1, -0.05) is 0 Å². The van der Waals surface area contributed by atoms with Gasteiger partial charge in [0.15, 0.2) is 5.82 Å². The molecule has 1 heterocycles. The number of rotatable bonds is 2. The minimum absolute atomic E-state index is 0.466. The van der Waals surface area contributed by atoms with E-state index < -0.39 is 5.60 Å². The van der Waals surface area contributed by atoms with Crippen LogP contribution in [-0.2, 0) is 10.3 Å². The Balaban J connectivity index is 3.15. The summed E-state index contributed by atoms with van der Waals surface area (Å²) in [5.74, 6) is 0.649. The van der Waals surface area contributed by atoms with E-state index in [1.54, 1.807) is 13.2 Å². The minimum atomic E-state index is -0.466. The molecule has 0 aromatic carbocycles. The van der Waals surface area contributed by atoms with Crippen molar-refractivity contribution >= 4 is 31.9 Å². The van der Waals surface area contributed by atoms with E-state index >= 15 is 0 Å². The molecule has 0 bridgehead atoms. The molecule has 1 aromatic heterocycles. The Hall–Kier alpha value is -0.0000000000000000555. The third-order valence-electron chi connectivity index (χ3n) is 1.71. The topological polar surface area (TPSA) is 35.0 Å². The minimum Gasteiger partial charge on any atom is -0.371 e. The first-order chi connectivity index (χ1) is 5.95. The molecule has 0 unspecified atom stereocenters. The zero-order valence-electron chi connectivity index (χ0n) is 7.64. The summed E-state index contributed by atoms with van der Waals surface area (Å²) in [5.41, 5.74) is -0.466. The molecule has 72 valence electrons. The smallest absolute Gasteiger partial charge is 0.162 e. The molecular weight excluding hydrogens is 300 g/mol. The van der Waals surface area contributed by atoms with E-state index in [2.05, 4.69) is 41.8 Å². The van der Waals surface area contributed by atoms with E-state index in [1.807, 2.05) is 13.8 Å². The van der Waals surface area contributed by atoms with Crippen molar-refractivity contribution in [3.05, 3.63) is 21.1 Å².